The molecule has 1 aromatic carbocycles. The number of anilines is 1. The lowest BCUT2D eigenvalue weighted by atomic mass is 9.84. The molecule has 6 atom stereocenters. The SMILES string of the molecule is CCCCCCN(C(=O)[C@@H](NC(=O)[C@H]1CCCCN1C)[C@@H](C)CC)[C@H](C[C@@H](OCCCO)c1nc(C(=O)N[C@@H](Cc2ccc(N)c(F)c2)CC(C)(C)C(=O)O)cs1)C(C)C. The second-order valence-corrected chi connectivity index (χ2v) is 18.5. The van der Waals surface area contributed by atoms with E-state index < -0.39 is 41.3 Å². The van der Waals surface area contributed by atoms with Crippen molar-refractivity contribution in [3.05, 3.63) is 45.7 Å². The summed E-state index contributed by atoms with van der Waals surface area (Å²) >= 11 is 1.25. The lowest BCUT2D eigenvalue weighted by molar-refractivity contribution is -0.147. The van der Waals surface area contributed by atoms with Crippen molar-refractivity contribution in [1.82, 2.24) is 25.4 Å². The molecule has 1 aliphatic heterocycles. The van der Waals surface area contributed by atoms with Crippen molar-refractivity contribution in [3.63, 3.8) is 0 Å². The van der Waals surface area contributed by atoms with Crippen LogP contribution in [0.25, 0.3) is 0 Å². The normalized spacial score (nSPS) is 17.4. The number of aliphatic hydroxyl groups is 1. The Balaban J connectivity index is 1.96. The van der Waals surface area contributed by atoms with Crippen LogP contribution in [0.4, 0.5) is 10.1 Å². The number of aromatic nitrogens is 1. The number of ether oxygens (including phenoxy) is 1. The van der Waals surface area contributed by atoms with Gasteiger partial charge in [0.2, 0.25) is 11.8 Å². The van der Waals surface area contributed by atoms with Gasteiger partial charge in [0.1, 0.15) is 28.7 Å². The molecule has 2 aromatic rings. The van der Waals surface area contributed by atoms with E-state index >= 15 is 0 Å². The third kappa shape index (κ3) is 15.1. The number of nitrogen functional groups attached to an aromatic ring is 1. The van der Waals surface area contributed by atoms with Gasteiger partial charge < -0.3 is 36.2 Å². The Morgan fingerprint density at radius 3 is 2.45 bits per heavy atom. The van der Waals surface area contributed by atoms with Crippen molar-refractivity contribution < 1.29 is 38.5 Å². The molecule has 3 amide bonds. The molecule has 13 nitrogen and oxygen atoms in total. The molecule has 0 spiro atoms. The van der Waals surface area contributed by atoms with E-state index in [1.54, 1.807) is 25.3 Å². The molecule has 338 valence electrons. The Labute approximate surface area is 361 Å². The molecular formula is C45H73FN6O7S. The predicted octanol–water partition coefficient (Wildman–Crippen LogP) is 6.99. The summed E-state index contributed by atoms with van der Waals surface area (Å²) in [4.78, 5) is 63.4. The fourth-order valence-corrected chi connectivity index (χ4v) is 8.69. The summed E-state index contributed by atoms with van der Waals surface area (Å²) in [5.41, 5.74) is 5.15. The van der Waals surface area contributed by atoms with E-state index in [0.29, 0.717) is 36.4 Å². The highest BCUT2D eigenvalue weighted by Gasteiger charge is 2.39. The lowest BCUT2D eigenvalue weighted by Crippen LogP contribution is -2.59. The van der Waals surface area contributed by atoms with E-state index in [-0.39, 0.29) is 73.2 Å². The molecule has 0 unspecified atom stereocenters. The number of hydrogen-bond donors (Lipinski definition) is 5. The number of rotatable bonds is 26. The van der Waals surface area contributed by atoms with E-state index in [2.05, 4.69) is 36.3 Å². The van der Waals surface area contributed by atoms with Crippen LogP contribution in [-0.2, 0) is 25.5 Å². The van der Waals surface area contributed by atoms with Crippen molar-refractivity contribution in [2.75, 3.05) is 39.1 Å². The lowest BCUT2D eigenvalue weighted by Gasteiger charge is -2.40. The van der Waals surface area contributed by atoms with Crippen molar-refractivity contribution in [2.45, 2.75) is 156 Å². The van der Waals surface area contributed by atoms with Gasteiger partial charge in [-0.05, 0) is 95.5 Å². The summed E-state index contributed by atoms with van der Waals surface area (Å²) in [5, 5.41) is 27.9. The Kier molecular flexibility index (Phi) is 20.9. The Morgan fingerprint density at radius 1 is 1.10 bits per heavy atom. The number of thiazole rings is 1. The van der Waals surface area contributed by atoms with Crippen LogP contribution in [0.3, 0.4) is 0 Å². The van der Waals surface area contributed by atoms with Gasteiger partial charge in [0.25, 0.3) is 5.91 Å². The number of nitrogens with zero attached hydrogens (tertiary/aromatic N) is 3. The van der Waals surface area contributed by atoms with E-state index in [4.69, 9.17) is 15.5 Å². The van der Waals surface area contributed by atoms with Gasteiger partial charge in [0, 0.05) is 43.6 Å². The van der Waals surface area contributed by atoms with Crippen LogP contribution in [0, 0.1) is 23.1 Å². The number of carbonyl (C=O) groups excluding carboxylic acids is 3. The van der Waals surface area contributed by atoms with Gasteiger partial charge in [-0.1, -0.05) is 72.8 Å². The summed E-state index contributed by atoms with van der Waals surface area (Å²) < 4.78 is 20.8. The Bertz CT molecular complexity index is 1670. The zero-order valence-electron chi connectivity index (χ0n) is 37.3. The smallest absolute Gasteiger partial charge is 0.309 e. The van der Waals surface area contributed by atoms with Crippen molar-refractivity contribution in [2.24, 2.45) is 17.3 Å². The maximum Gasteiger partial charge on any atom is 0.309 e. The van der Waals surface area contributed by atoms with E-state index in [1.807, 2.05) is 25.8 Å². The summed E-state index contributed by atoms with van der Waals surface area (Å²) in [6.07, 6.45) is 7.65. The highest BCUT2D eigenvalue weighted by molar-refractivity contribution is 7.09. The van der Waals surface area contributed by atoms with Crippen molar-refractivity contribution in [3.8, 4) is 0 Å². The predicted molar refractivity (Wildman–Crippen MR) is 235 cm³/mol. The second kappa shape index (κ2) is 24.7. The van der Waals surface area contributed by atoms with Gasteiger partial charge in [-0.15, -0.1) is 11.3 Å². The first-order valence-corrected chi connectivity index (χ1v) is 22.9. The minimum absolute atomic E-state index is 0.00977. The summed E-state index contributed by atoms with van der Waals surface area (Å²) in [5.74, 6) is -2.50. The number of piperidine rings is 1. The molecule has 2 heterocycles. The molecule has 0 aliphatic carbocycles. The van der Waals surface area contributed by atoms with E-state index in [9.17, 15) is 33.8 Å². The van der Waals surface area contributed by atoms with Gasteiger partial charge in [0.15, 0.2) is 0 Å². The van der Waals surface area contributed by atoms with Gasteiger partial charge >= 0.3 is 5.97 Å². The standard InChI is InChI=1S/C45H73FN6O7S/c1-9-11-12-14-21-52(43(56)39(30(5)10-2)50-41(55)36-17-13-15-20-51(36)8)37(29(3)4)26-38(59-23-16-22-53)42-49-35(28-60-42)40(54)48-32(27-45(6,7)44(57)58)24-31-18-19-34(47)33(46)25-31/h18-19,25,28-30,32,36-39,53H,9-17,20-24,26-27,47H2,1-8H3,(H,48,54)(H,50,55)(H,57,58)/t30-,32-,36+,37+,38+,39-/m0/s1. The van der Waals surface area contributed by atoms with Crippen LogP contribution in [0.1, 0.15) is 146 Å². The molecule has 15 heteroatoms. The summed E-state index contributed by atoms with van der Waals surface area (Å²) in [7, 11) is 1.96. The maximum absolute atomic E-state index is 14.9. The van der Waals surface area contributed by atoms with Crippen LogP contribution in [0.2, 0.25) is 0 Å². The van der Waals surface area contributed by atoms with Crippen molar-refractivity contribution in [1.29, 1.82) is 0 Å². The van der Waals surface area contributed by atoms with E-state index in [0.717, 1.165) is 51.5 Å². The fourth-order valence-electron chi connectivity index (χ4n) is 7.83. The number of hydrogen-bond acceptors (Lipinski definition) is 10. The first-order valence-electron chi connectivity index (χ1n) is 22.0. The largest absolute Gasteiger partial charge is 0.481 e. The van der Waals surface area contributed by atoms with E-state index in [1.165, 1.54) is 23.5 Å². The van der Waals surface area contributed by atoms with Crippen LogP contribution >= 0.6 is 11.3 Å². The molecule has 1 aromatic heterocycles. The minimum atomic E-state index is -1.20. The van der Waals surface area contributed by atoms with Gasteiger partial charge in [-0.3, -0.25) is 24.1 Å². The summed E-state index contributed by atoms with van der Waals surface area (Å²) in [6.45, 7) is 15.0. The number of carboxylic acid groups (broad SMARTS) is 1. The first-order chi connectivity index (χ1) is 28.4. The molecule has 0 radical (unpaired) electrons. The second-order valence-electron chi connectivity index (χ2n) is 17.6. The number of amides is 3. The molecule has 1 saturated heterocycles. The fraction of sp³-hybridized carbons (Fsp3) is 0.711. The number of aliphatic carboxylic acids is 1. The number of carboxylic acids is 1. The number of nitrogens with one attached hydrogen (secondary N) is 2. The highest BCUT2D eigenvalue weighted by atomic mass is 32.1. The number of likely N-dealkylation sites (tertiary alicyclic amines) is 1. The molecule has 1 fully saturated rings. The molecule has 0 saturated carbocycles. The number of nitrogens with two attached hydrogens (primary N) is 1. The quantitative estimate of drug-likeness (QED) is 0.0488. The number of benzene rings is 1. The molecule has 3 rings (SSSR count). The van der Waals surface area contributed by atoms with Crippen molar-refractivity contribution >= 4 is 40.7 Å². The minimum Gasteiger partial charge on any atom is -0.481 e. The van der Waals surface area contributed by atoms with Crippen LogP contribution in [-0.4, -0.2) is 106 Å². The van der Waals surface area contributed by atoms with Gasteiger partial charge in [-0.2, -0.15) is 0 Å². The molecule has 6 N–H and O–H groups in total. The Hall–Kier alpha value is -3.66. The molecule has 1 aliphatic rings. The average molecular weight is 861 g/mol. The van der Waals surface area contributed by atoms with Crippen LogP contribution in [0.5, 0.6) is 0 Å². The molecule has 60 heavy (non-hydrogen) atoms. The van der Waals surface area contributed by atoms with Crippen LogP contribution < -0.4 is 16.4 Å². The first kappa shape index (κ1) is 50.7. The number of carbonyl (C=O) groups is 4. The van der Waals surface area contributed by atoms with Gasteiger partial charge in [0.05, 0.1) is 17.1 Å². The molecule has 0 bridgehead atoms. The monoisotopic (exact) mass is 861 g/mol. The maximum atomic E-state index is 14.9. The van der Waals surface area contributed by atoms with Gasteiger partial charge in [-0.25, -0.2) is 9.37 Å². The molecular weight excluding hydrogens is 788 g/mol. The number of aliphatic hydroxyl groups excluding tert-OH is 1. The van der Waals surface area contributed by atoms with Crippen LogP contribution in [0.15, 0.2) is 23.6 Å². The third-order valence-corrected chi connectivity index (χ3v) is 12.8. The average Bonchev–Trinajstić information content (AvgIpc) is 3.70. The number of halogens is 1. The third-order valence-electron chi connectivity index (χ3n) is 11.9. The topological polar surface area (TPSA) is 187 Å². The zero-order valence-corrected chi connectivity index (χ0v) is 38.1. The number of likely N-dealkylation sites (N-methyl/N-ethyl adjacent to an activating group) is 1. The zero-order chi connectivity index (χ0) is 44.6. The number of unbranched alkanes of at least 4 members (excludes halogenated alkanes) is 3. The summed E-state index contributed by atoms with van der Waals surface area (Å²) in [6, 6.07) is 2.39. The Morgan fingerprint density at radius 2 is 1.83 bits per heavy atom. The highest BCUT2D eigenvalue weighted by Crippen LogP contribution is 2.32.